The fraction of sp³-hybridized carbons (Fsp3) is 0.333. The number of aliphatic hydroxyl groups is 1. The number of rotatable bonds is 3. The first-order chi connectivity index (χ1) is 8.03. The molecule has 0 saturated heterocycles. The second-order valence-corrected chi connectivity index (χ2v) is 4.90. The zero-order valence-electron chi connectivity index (χ0n) is 10.6. The summed E-state index contributed by atoms with van der Waals surface area (Å²) in [6, 6.07) is 11.9. The smallest absolute Gasteiger partial charge is 0.127 e. The Morgan fingerprint density at radius 3 is 2.41 bits per heavy atom. The summed E-state index contributed by atoms with van der Waals surface area (Å²) in [4.78, 5) is 3.09. The highest BCUT2D eigenvalue weighted by Crippen LogP contribution is 2.33. The monoisotopic (exact) mass is 229 g/mol. The second-order valence-electron chi connectivity index (χ2n) is 4.90. The topological polar surface area (TPSA) is 36.0 Å². The predicted molar refractivity (Wildman–Crippen MR) is 70.0 cm³/mol. The van der Waals surface area contributed by atoms with Gasteiger partial charge in [-0.1, -0.05) is 38.1 Å². The third kappa shape index (κ3) is 2.13. The van der Waals surface area contributed by atoms with Crippen LogP contribution >= 0.6 is 0 Å². The first-order valence-corrected chi connectivity index (χ1v) is 5.99. The number of nitrogens with one attached hydrogen (secondary N) is 1. The van der Waals surface area contributed by atoms with E-state index >= 15 is 0 Å². The first-order valence-electron chi connectivity index (χ1n) is 5.99. The van der Waals surface area contributed by atoms with Gasteiger partial charge in [0.2, 0.25) is 0 Å². The van der Waals surface area contributed by atoms with Crippen molar-refractivity contribution in [1.29, 1.82) is 0 Å². The lowest BCUT2D eigenvalue weighted by Crippen LogP contribution is -2.25. The van der Waals surface area contributed by atoms with Crippen molar-refractivity contribution in [3.05, 3.63) is 59.4 Å². The Bertz CT molecular complexity index is 483. The summed E-state index contributed by atoms with van der Waals surface area (Å²) in [7, 11) is 0. The largest absolute Gasteiger partial charge is 0.379 e. The molecule has 0 aliphatic heterocycles. The van der Waals surface area contributed by atoms with Crippen LogP contribution in [-0.4, -0.2) is 10.1 Å². The predicted octanol–water partition coefficient (Wildman–Crippen LogP) is 3.39. The van der Waals surface area contributed by atoms with Crippen molar-refractivity contribution in [1.82, 2.24) is 4.98 Å². The zero-order valence-corrected chi connectivity index (χ0v) is 10.6. The lowest BCUT2D eigenvalue weighted by Gasteiger charge is -2.27. The summed E-state index contributed by atoms with van der Waals surface area (Å²) in [5.41, 5.74) is 2.01. The SMILES string of the molecule is CC(C)c1ccccc1C(C)(O)c1ccc[nH]1. The fourth-order valence-electron chi connectivity index (χ4n) is 2.22. The molecule has 2 nitrogen and oxygen atoms in total. The van der Waals surface area contributed by atoms with E-state index in [4.69, 9.17) is 0 Å². The van der Waals surface area contributed by atoms with Crippen molar-refractivity contribution in [3.8, 4) is 0 Å². The molecule has 0 bridgehead atoms. The standard InChI is InChI=1S/C15H19NO/c1-11(2)12-7-4-5-8-13(12)15(3,17)14-9-6-10-16-14/h4-11,16-17H,1-3H3. The van der Waals surface area contributed by atoms with Crippen molar-refractivity contribution in [3.63, 3.8) is 0 Å². The summed E-state index contributed by atoms with van der Waals surface area (Å²) in [6.07, 6.45) is 1.84. The van der Waals surface area contributed by atoms with Crippen LogP contribution in [0.5, 0.6) is 0 Å². The van der Waals surface area contributed by atoms with E-state index in [2.05, 4.69) is 24.9 Å². The Morgan fingerprint density at radius 1 is 1.12 bits per heavy atom. The maximum atomic E-state index is 10.7. The Morgan fingerprint density at radius 2 is 1.82 bits per heavy atom. The highest BCUT2D eigenvalue weighted by molar-refractivity contribution is 5.39. The summed E-state index contributed by atoms with van der Waals surface area (Å²) in [5, 5.41) is 10.7. The van der Waals surface area contributed by atoms with Crippen LogP contribution < -0.4 is 0 Å². The normalized spacial score (nSPS) is 14.9. The number of hydrogen-bond acceptors (Lipinski definition) is 1. The molecule has 0 aliphatic carbocycles. The van der Waals surface area contributed by atoms with Crippen LogP contribution in [0.2, 0.25) is 0 Å². The van der Waals surface area contributed by atoms with Crippen molar-refractivity contribution < 1.29 is 5.11 Å². The van der Waals surface area contributed by atoms with Crippen molar-refractivity contribution in [2.45, 2.75) is 32.3 Å². The highest BCUT2D eigenvalue weighted by Gasteiger charge is 2.29. The van der Waals surface area contributed by atoms with Gasteiger partial charge in [-0.3, -0.25) is 0 Å². The maximum Gasteiger partial charge on any atom is 0.127 e. The highest BCUT2D eigenvalue weighted by atomic mass is 16.3. The van der Waals surface area contributed by atoms with E-state index in [-0.39, 0.29) is 0 Å². The summed E-state index contributed by atoms with van der Waals surface area (Å²) in [5.74, 6) is 0.396. The Hall–Kier alpha value is -1.54. The Labute approximate surface area is 102 Å². The molecule has 1 atom stereocenters. The van der Waals surface area contributed by atoms with E-state index in [1.165, 1.54) is 5.56 Å². The van der Waals surface area contributed by atoms with Gasteiger partial charge in [0, 0.05) is 6.20 Å². The fourth-order valence-corrected chi connectivity index (χ4v) is 2.22. The van der Waals surface area contributed by atoms with Gasteiger partial charge in [-0.25, -0.2) is 0 Å². The molecule has 0 amide bonds. The molecule has 0 saturated carbocycles. The molecule has 17 heavy (non-hydrogen) atoms. The summed E-state index contributed by atoms with van der Waals surface area (Å²) in [6.45, 7) is 6.12. The van der Waals surface area contributed by atoms with Crippen molar-refractivity contribution in [2.75, 3.05) is 0 Å². The van der Waals surface area contributed by atoms with Gasteiger partial charge in [0.05, 0.1) is 5.69 Å². The number of benzene rings is 1. The van der Waals surface area contributed by atoms with E-state index < -0.39 is 5.60 Å². The van der Waals surface area contributed by atoms with Crippen LogP contribution in [-0.2, 0) is 5.60 Å². The van der Waals surface area contributed by atoms with E-state index in [0.717, 1.165) is 11.3 Å². The Balaban J connectivity index is 2.53. The minimum atomic E-state index is -0.968. The molecule has 2 rings (SSSR count). The van der Waals surface area contributed by atoms with Crippen molar-refractivity contribution in [2.24, 2.45) is 0 Å². The number of aromatic nitrogens is 1. The van der Waals surface area contributed by atoms with Crippen LogP contribution in [0.4, 0.5) is 0 Å². The lowest BCUT2D eigenvalue weighted by molar-refractivity contribution is 0.0967. The van der Waals surface area contributed by atoms with Gasteiger partial charge in [-0.15, -0.1) is 0 Å². The molecule has 2 N–H and O–H groups in total. The third-order valence-electron chi connectivity index (χ3n) is 3.23. The average molecular weight is 229 g/mol. The molecule has 90 valence electrons. The van der Waals surface area contributed by atoms with Crippen LogP contribution in [0, 0.1) is 0 Å². The van der Waals surface area contributed by atoms with Gasteiger partial charge >= 0.3 is 0 Å². The molecular formula is C15H19NO. The number of aromatic amines is 1. The van der Waals surface area contributed by atoms with Gasteiger partial charge in [0.25, 0.3) is 0 Å². The minimum Gasteiger partial charge on any atom is -0.379 e. The van der Waals surface area contributed by atoms with Crippen LogP contribution in [0.1, 0.15) is 43.5 Å². The molecule has 2 aromatic rings. The summed E-state index contributed by atoms with van der Waals surface area (Å²) >= 11 is 0. The molecule has 1 aromatic carbocycles. The molecule has 0 radical (unpaired) electrons. The van der Waals surface area contributed by atoms with Gasteiger partial charge in [-0.05, 0) is 36.1 Å². The van der Waals surface area contributed by atoms with Crippen LogP contribution in [0.25, 0.3) is 0 Å². The van der Waals surface area contributed by atoms with Gasteiger partial charge in [-0.2, -0.15) is 0 Å². The molecule has 1 aromatic heterocycles. The Kier molecular flexibility index (Phi) is 3.07. The zero-order chi connectivity index (χ0) is 12.5. The van der Waals surface area contributed by atoms with Crippen LogP contribution in [0.3, 0.4) is 0 Å². The van der Waals surface area contributed by atoms with E-state index in [1.54, 1.807) is 0 Å². The second kappa shape index (κ2) is 4.38. The molecule has 0 fully saturated rings. The molecule has 1 unspecified atom stereocenters. The average Bonchev–Trinajstić information content (AvgIpc) is 2.83. The lowest BCUT2D eigenvalue weighted by atomic mass is 9.85. The minimum absolute atomic E-state index is 0.396. The quantitative estimate of drug-likeness (QED) is 0.831. The number of hydrogen-bond donors (Lipinski definition) is 2. The van der Waals surface area contributed by atoms with E-state index in [0.29, 0.717) is 5.92 Å². The van der Waals surface area contributed by atoms with Gasteiger partial charge in [0.1, 0.15) is 5.60 Å². The molecular weight excluding hydrogens is 210 g/mol. The van der Waals surface area contributed by atoms with Crippen molar-refractivity contribution >= 4 is 0 Å². The molecule has 0 aliphatic rings. The number of H-pyrrole nitrogens is 1. The first kappa shape index (κ1) is 11.9. The maximum absolute atomic E-state index is 10.7. The molecule has 2 heteroatoms. The van der Waals surface area contributed by atoms with Gasteiger partial charge in [0.15, 0.2) is 0 Å². The summed E-state index contributed by atoms with van der Waals surface area (Å²) < 4.78 is 0. The van der Waals surface area contributed by atoms with E-state index in [9.17, 15) is 5.11 Å². The van der Waals surface area contributed by atoms with Crippen LogP contribution in [0.15, 0.2) is 42.6 Å². The molecule has 0 spiro atoms. The third-order valence-corrected chi connectivity index (χ3v) is 3.23. The van der Waals surface area contributed by atoms with Gasteiger partial charge < -0.3 is 10.1 Å². The molecule has 1 heterocycles. The van der Waals surface area contributed by atoms with E-state index in [1.807, 2.05) is 43.5 Å².